The Morgan fingerprint density at radius 1 is 1.20 bits per heavy atom. The lowest BCUT2D eigenvalue weighted by atomic mass is 9.95. The second kappa shape index (κ2) is 12.3. The van der Waals surface area contributed by atoms with E-state index in [2.05, 4.69) is 5.32 Å². The van der Waals surface area contributed by atoms with E-state index in [-0.39, 0.29) is 44.8 Å². The van der Waals surface area contributed by atoms with Gasteiger partial charge in [0.1, 0.15) is 0 Å². The van der Waals surface area contributed by atoms with Gasteiger partial charge in [0.25, 0.3) is 5.91 Å². The predicted molar refractivity (Wildman–Crippen MR) is 130 cm³/mol. The molecule has 1 amide bonds. The molecule has 35 heavy (non-hydrogen) atoms. The van der Waals surface area contributed by atoms with Gasteiger partial charge in [0.15, 0.2) is 16.3 Å². The maximum atomic E-state index is 14.5. The molecule has 2 aliphatic heterocycles. The van der Waals surface area contributed by atoms with Gasteiger partial charge in [-0.05, 0) is 44.5 Å². The molecule has 12 heteroatoms. The fourth-order valence-electron chi connectivity index (χ4n) is 4.49. The molecular weight excluding hydrogens is 479 g/mol. The minimum Gasteiger partial charge on any atom is -0.491 e. The third kappa shape index (κ3) is 6.05. The fraction of sp³-hybridized carbons (Fsp3) is 0.696. The van der Waals surface area contributed by atoms with Crippen molar-refractivity contribution in [2.75, 3.05) is 71.0 Å². The molecule has 0 saturated carbocycles. The average molecular weight is 517 g/mol. The molecule has 0 spiro atoms. The third-order valence-electron chi connectivity index (χ3n) is 6.65. The van der Waals surface area contributed by atoms with Gasteiger partial charge >= 0.3 is 0 Å². The number of ether oxygens (including phenoxy) is 2. The number of amides is 1. The summed E-state index contributed by atoms with van der Waals surface area (Å²) in [7, 11) is -2.63. The molecular formula is C23H37FN4O6S. The quantitative estimate of drug-likeness (QED) is 0.258. The lowest BCUT2D eigenvalue weighted by Gasteiger charge is -2.43. The molecule has 0 unspecified atom stereocenters. The number of nitrogens with zero attached hydrogens (tertiary/aromatic N) is 3. The number of sulfonamides is 1. The highest BCUT2D eigenvalue weighted by molar-refractivity contribution is 7.91. The average Bonchev–Trinajstić information content (AvgIpc) is 2.88. The topological polar surface area (TPSA) is 112 Å². The van der Waals surface area contributed by atoms with Crippen LogP contribution in [0.25, 0.3) is 0 Å². The minimum atomic E-state index is -4.07. The van der Waals surface area contributed by atoms with Crippen molar-refractivity contribution in [3.63, 3.8) is 0 Å². The predicted octanol–water partition coefficient (Wildman–Crippen LogP) is 1.44. The van der Waals surface area contributed by atoms with E-state index in [1.807, 2.05) is 11.8 Å². The Hall–Kier alpha value is -1.99. The molecule has 2 N–H and O–H groups in total. The van der Waals surface area contributed by atoms with Gasteiger partial charge in [-0.2, -0.15) is 4.31 Å². The molecule has 198 valence electrons. The van der Waals surface area contributed by atoms with E-state index in [9.17, 15) is 22.8 Å². The van der Waals surface area contributed by atoms with Crippen LogP contribution >= 0.6 is 0 Å². The van der Waals surface area contributed by atoms with E-state index < -0.39 is 26.5 Å². The highest BCUT2D eigenvalue weighted by atomic mass is 32.2. The summed E-state index contributed by atoms with van der Waals surface area (Å²) >= 11 is 0. The normalized spacial score (nSPS) is 18.9. The van der Waals surface area contributed by atoms with Crippen LogP contribution in [0.3, 0.4) is 0 Å². The minimum absolute atomic E-state index is 0.0725. The van der Waals surface area contributed by atoms with Gasteiger partial charge in [0.2, 0.25) is 10.0 Å². The first-order valence-corrected chi connectivity index (χ1v) is 13.6. The molecule has 1 aromatic carbocycles. The van der Waals surface area contributed by atoms with Gasteiger partial charge in [0.05, 0.1) is 19.8 Å². The number of piperidine rings is 1. The summed E-state index contributed by atoms with van der Waals surface area (Å²) < 4.78 is 52.0. The first kappa shape index (κ1) is 27.6. The third-order valence-corrected chi connectivity index (χ3v) is 9.27. The van der Waals surface area contributed by atoms with Crippen molar-refractivity contribution in [2.45, 2.75) is 37.4 Å². The van der Waals surface area contributed by atoms with E-state index in [1.165, 1.54) is 17.5 Å². The zero-order valence-corrected chi connectivity index (χ0v) is 21.4. The number of anilines is 1. The van der Waals surface area contributed by atoms with Gasteiger partial charge in [-0.25, -0.2) is 17.9 Å². The molecule has 10 nitrogen and oxygen atoms in total. The molecule has 0 atom stereocenters. The Kier molecular flexibility index (Phi) is 9.70. The molecule has 3 rings (SSSR count). The summed E-state index contributed by atoms with van der Waals surface area (Å²) in [6, 6.07) is 4.77. The van der Waals surface area contributed by atoms with E-state index in [0.717, 1.165) is 12.8 Å². The first-order chi connectivity index (χ1) is 16.8. The van der Waals surface area contributed by atoms with Crippen LogP contribution in [0.5, 0.6) is 5.75 Å². The molecule has 0 radical (unpaired) electrons. The number of hydroxylamine groups is 2. The van der Waals surface area contributed by atoms with Crippen LogP contribution in [0, 0.1) is 5.82 Å². The largest absolute Gasteiger partial charge is 0.491 e. The maximum absolute atomic E-state index is 14.5. The molecule has 2 fully saturated rings. The van der Waals surface area contributed by atoms with Crippen molar-refractivity contribution >= 4 is 21.6 Å². The van der Waals surface area contributed by atoms with Crippen molar-refractivity contribution in [3.8, 4) is 5.75 Å². The van der Waals surface area contributed by atoms with E-state index in [0.29, 0.717) is 43.5 Å². The molecule has 0 aliphatic carbocycles. The molecule has 0 bridgehead atoms. The number of unbranched alkanes of at least 4 members (excludes halogenated alkanes) is 1. The fourth-order valence-corrected chi connectivity index (χ4v) is 6.68. The SMILES string of the molecule is CCCCOc1ccc(N2CCN(S(=O)(=O)C3(C(=O)N(O)CCOC)CCNCC3)CC2)cc1F. The Bertz CT molecular complexity index is 949. The van der Waals surface area contributed by atoms with E-state index >= 15 is 0 Å². The lowest BCUT2D eigenvalue weighted by molar-refractivity contribution is -0.171. The van der Waals surface area contributed by atoms with Crippen molar-refractivity contribution in [3.05, 3.63) is 24.0 Å². The number of hydrogen-bond acceptors (Lipinski definition) is 8. The van der Waals surface area contributed by atoms with Gasteiger partial charge in [-0.15, -0.1) is 0 Å². The van der Waals surface area contributed by atoms with Gasteiger partial charge in [-0.3, -0.25) is 10.0 Å². The highest BCUT2D eigenvalue weighted by Gasteiger charge is 2.55. The van der Waals surface area contributed by atoms with Crippen LogP contribution < -0.4 is 15.0 Å². The van der Waals surface area contributed by atoms with Crippen LogP contribution in [0.1, 0.15) is 32.6 Å². The van der Waals surface area contributed by atoms with Gasteiger partial charge in [0, 0.05) is 45.0 Å². The number of piperazine rings is 1. The summed E-state index contributed by atoms with van der Waals surface area (Å²) in [4.78, 5) is 15.1. The molecule has 2 saturated heterocycles. The smallest absolute Gasteiger partial charge is 0.268 e. The summed E-state index contributed by atoms with van der Waals surface area (Å²) in [5, 5.41) is 13.8. The highest BCUT2D eigenvalue weighted by Crippen LogP contribution is 2.34. The number of nitrogens with one attached hydrogen (secondary N) is 1. The summed E-state index contributed by atoms with van der Waals surface area (Å²) in [5.41, 5.74) is 0.649. The van der Waals surface area contributed by atoms with Gasteiger partial charge in [-0.1, -0.05) is 13.3 Å². The van der Waals surface area contributed by atoms with Crippen LogP contribution in [0.2, 0.25) is 0 Å². The number of benzene rings is 1. The number of halogens is 1. The number of methoxy groups -OCH3 is 1. The second-order valence-electron chi connectivity index (χ2n) is 8.87. The zero-order chi connectivity index (χ0) is 25.5. The number of carbonyl (C=O) groups excluding carboxylic acids is 1. The molecule has 2 aliphatic rings. The number of carbonyl (C=O) groups is 1. The molecule has 0 aromatic heterocycles. The van der Waals surface area contributed by atoms with Crippen molar-refractivity contribution < 1.29 is 32.3 Å². The maximum Gasteiger partial charge on any atom is 0.268 e. The van der Waals surface area contributed by atoms with E-state index in [4.69, 9.17) is 9.47 Å². The second-order valence-corrected chi connectivity index (χ2v) is 11.1. The van der Waals surface area contributed by atoms with Crippen molar-refractivity contribution in [1.82, 2.24) is 14.7 Å². The van der Waals surface area contributed by atoms with E-state index in [1.54, 1.807) is 12.1 Å². The summed E-state index contributed by atoms with van der Waals surface area (Å²) in [6.07, 6.45) is 1.95. The van der Waals surface area contributed by atoms with Crippen molar-refractivity contribution in [1.29, 1.82) is 0 Å². The van der Waals surface area contributed by atoms with Crippen molar-refractivity contribution in [2.24, 2.45) is 0 Å². The summed E-state index contributed by atoms with van der Waals surface area (Å²) in [5.74, 6) is -1.07. The van der Waals surface area contributed by atoms with Crippen LogP contribution in [0.4, 0.5) is 10.1 Å². The van der Waals surface area contributed by atoms with Crippen LogP contribution in [-0.2, 0) is 19.6 Å². The monoisotopic (exact) mass is 516 g/mol. The first-order valence-electron chi connectivity index (χ1n) is 12.1. The number of rotatable bonds is 11. The Morgan fingerprint density at radius 3 is 2.49 bits per heavy atom. The van der Waals surface area contributed by atoms with Crippen LogP contribution in [0.15, 0.2) is 18.2 Å². The molecule has 2 heterocycles. The zero-order valence-electron chi connectivity index (χ0n) is 20.5. The van der Waals surface area contributed by atoms with Gasteiger partial charge < -0.3 is 19.7 Å². The lowest BCUT2D eigenvalue weighted by Crippen LogP contribution is -2.64. The Labute approximate surface area is 207 Å². The van der Waals surface area contributed by atoms with Crippen LogP contribution in [-0.4, -0.2) is 99.8 Å². The standard InChI is InChI=1S/C23H37FN4O6S/c1-3-4-16-34-21-6-5-19(18-20(21)24)26-11-13-27(14-12-26)35(31,32)23(7-9-25-10-8-23)22(29)28(30)15-17-33-2/h5-6,18,25,30H,3-4,7-17H2,1-2H3. The summed E-state index contributed by atoms with van der Waals surface area (Å²) in [6.45, 7) is 4.20. The Morgan fingerprint density at radius 2 is 1.89 bits per heavy atom. The Balaban J connectivity index is 1.71. The molecule has 1 aromatic rings. The number of hydrogen-bond donors (Lipinski definition) is 2.